The summed E-state index contributed by atoms with van der Waals surface area (Å²) in [4.78, 5) is 42.3. The van der Waals surface area contributed by atoms with E-state index in [0.717, 1.165) is 19.3 Å². The molecule has 0 aromatic heterocycles. The minimum Gasteiger partial charge on any atom is -0.497 e. The Labute approximate surface area is 233 Å². The van der Waals surface area contributed by atoms with E-state index in [4.69, 9.17) is 14.2 Å². The van der Waals surface area contributed by atoms with E-state index in [2.05, 4.69) is 5.32 Å². The second-order valence-electron chi connectivity index (χ2n) is 10.3. The van der Waals surface area contributed by atoms with Gasteiger partial charge in [0, 0.05) is 31.9 Å². The highest BCUT2D eigenvalue weighted by Crippen LogP contribution is 2.35. The van der Waals surface area contributed by atoms with Gasteiger partial charge < -0.3 is 24.4 Å². The number of Topliss-reactive ketones (excluding diaryl/α,β-unsaturated/α-hetero) is 1. The van der Waals surface area contributed by atoms with Crippen LogP contribution in [0.4, 0.5) is 0 Å². The van der Waals surface area contributed by atoms with Gasteiger partial charge >= 0.3 is 0 Å². The number of hydrogen-bond acceptors (Lipinski definition) is 8. The van der Waals surface area contributed by atoms with Gasteiger partial charge in [-0.05, 0) is 49.4 Å². The maximum absolute atomic E-state index is 14.0. The first kappa shape index (κ1) is 28.3. The summed E-state index contributed by atoms with van der Waals surface area (Å²) in [6.07, 6.45) is 2.22. The molecule has 11 heteroatoms. The Kier molecular flexibility index (Phi) is 8.53. The molecular formula is C29H34N2O8S. The summed E-state index contributed by atoms with van der Waals surface area (Å²) < 4.78 is 43.4. The van der Waals surface area contributed by atoms with Gasteiger partial charge in [-0.3, -0.25) is 14.4 Å². The van der Waals surface area contributed by atoms with Gasteiger partial charge in [0.2, 0.25) is 11.8 Å². The monoisotopic (exact) mass is 570 g/mol. The third-order valence-electron chi connectivity index (χ3n) is 7.73. The highest BCUT2D eigenvalue weighted by atomic mass is 32.2. The molecule has 0 saturated carbocycles. The van der Waals surface area contributed by atoms with E-state index in [1.165, 1.54) is 24.1 Å². The summed E-state index contributed by atoms with van der Waals surface area (Å²) in [5.41, 5.74) is 0.587. The Morgan fingerprint density at radius 3 is 2.45 bits per heavy atom. The van der Waals surface area contributed by atoms with Crippen LogP contribution in [0.3, 0.4) is 0 Å². The fraction of sp³-hybridized carbons (Fsp3) is 0.483. The molecule has 10 nitrogen and oxygen atoms in total. The summed E-state index contributed by atoms with van der Waals surface area (Å²) in [6.45, 7) is 1.52. The van der Waals surface area contributed by atoms with Crippen molar-refractivity contribution in [2.24, 2.45) is 0 Å². The molecule has 3 heterocycles. The number of ketones is 1. The maximum atomic E-state index is 14.0. The lowest BCUT2D eigenvalue weighted by Gasteiger charge is -2.34. The number of carbonyl (C=O) groups excluding carboxylic acids is 3. The summed E-state index contributed by atoms with van der Waals surface area (Å²) in [5.74, 6) is -1.16. The van der Waals surface area contributed by atoms with E-state index in [-0.39, 0.29) is 35.8 Å². The molecule has 2 fully saturated rings. The Bertz CT molecular complexity index is 1370. The highest BCUT2D eigenvalue weighted by molar-refractivity contribution is 7.93. The third kappa shape index (κ3) is 5.77. The molecule has 0 bridgehead atoms. The van der Waals surface area contributed by atoms with Gasteiger partial charge in [-0.15, -0.1) is 0 Å². The second-order valence-corrected chi connectivity index (χ2v) is 12.4. The average Bonchev–Trinajstić information content (AvgIpc) is 3.71. The van der Waals surface area contributed by atoms with E-state index < -0.39 is 45.1 Å². The molecule has 1 N–H and O–H groups in total. The fourth-order valence-electron chi connectivity index (χ4n) is 5.62. The molecule has 2 aromatic rings. The zero-order valence-corrected chi connectivity index (χ0v) is 23.2. The van der Waals surface area contributed by atoms with Crippen LogP contribution >= 0.6 is 0 Å². The summed E-state index contributed by atoms with van der Waals surface area (Å²) in [6, 6.07) is 11.8. The number of ether oxygens (including phenoxy) is 3. The number of nitrogens with one attached hydrogen (secondary N) is 1. The van der Waals surface area contributed by atoms with Crippen LogP contribution in [0.5, 0.6) is 5.75 Å². The average molecular weight is 571 g/mol. The first-order valence-electron chi connectivity index (χ1n) is 13.6. The molecule has 0 aliphatic carbocycles. The largest absolute Gasteiger partial charge is 0.497 e. The molecule has 3 aliphatic heterocycles. The van der Waals surface area contributed by atoms with Gasteiger partial charge in [-0.1, -0.05) is 30.3 Å². The molecule has 3 aliphatic rings. The first-order chi connectivity index (χ1) is 19.3. The van der Waals surface area contributed by atoms with Crippen LogP contribution in [0.15, 0.2) is 53.4 Å². The number of fused-ring (bicyclic) bond motifs is 1. The minimum atomic E-state index is -4.06. The predicted octanol–water partition coefficient (Wildman–Crippen LogP) is 2.47. The number of amides is 2. The van der Waals surface area contributed by atoms with Crippen molar-refractivity contribution in [3.8, 4) is 5.75 Å². The van der Waals surface area contributed by atoms with Gasteiger partial charge in [0.15, 0.2) is 15.6 Å². The molecule has 0 spiro atoms. The molecule has 214 valence electrons. The lowest BCUT2D eigenvalue weighted by molar-refractivity contribution is -0.142. The lowest BCUT2D eigenvalue weighted by Crippen LogP contribution is -2.49. The first-order valence-corrected chi connectivity index (χ1v) is 15.2. The van der Waals surface area contributed by atoms with Crippen molar-refractivity contribution in [1.29, 1.82) is 0 Å². The molecule has 5 rings (SSSR count). The zero-order valence-electron chi connectivity index (χ0n) is 22.4. The molecule has 40 heavy (non-hydrogen) atoms. The van der Waals surface area contributed by atoms with E-state index >= 15 is 0 Å². The van der Waals surface area contributed by atoms with Crippen molar-refractivity contribution >= 4 is 27.4 Å². The number of carbonyl (C=O) groups is 3. The van der Waals surface area contributed by atoms with Crippen LogP contribution in [0.2, 0.25) is 0 Å². The number of rotatable bonds is 10. The Hall–Kier alpha value is -3.28. The molecule has 0 radical (unpaired) electrons. The molecular weight excluding hydrogens is 536 g/mol. The van der Waals surface area contributed by atoms with E-state index in [1.807, 2.05) is 0 Å². The SMILES string of the molecule is COc1cccc([C@H](C(=O)NC[C@@H]2CCCO2)N(C[C@H]2CCCO2)C(=O)C[C@H]2C(=O)c3ccccc3S2(=O)=O)c1. The number of benzene rings is 2. The Balaban J connectivity index is 1.47. The molecule has 2 saturated heterocycles. The normalized spacial score (nSPS) is 23.9. The zero-order chi connectivity index (χ0) is 28.3. The summed E-state index contributed by atoms with van der Waals surface area (Å²) >= 11 is 0. The maximum Gasteiger partial charge on any atom is 0.247 e. The van der Waals surface area contributed by atoms with Gasteiger partial charge in [-0.25, -0.2) is 8.42 Å². The van der Waals surface area contributed by atoms with Crippen LogP contribution in [-0.2, 0) is 28.9 Å². The summed E-state index contributed by atoms with van der Waals surface area (Å²) in [7, 11) is -2.55. The van der Waals surface area contributed by atoms with Crippen molar-refractivity contribution in [1.82, 2.24) is 10.2 Å². The highest BCUT2D eigenvalue weighted by Gasteiger charge is 2.47. The molecule has 0 unspecified atom stereocenters. The van der Waals surface area contributed by atoms with Crippen molar-refractivity contribution in [2.45, 2.75) is 60.5 Å². The number of hydrogen-bond donors (Lipinski definition) is 1. The molecule has 2 aromatic carbocycles. The van der Waals surface area contributed by atoms with Gasteiger partial charge in [-0.2, -0.15) is 0 Å². The van der Waals surface area contributed by atoms with E-state index in [0.29, 0.717) is 30.9 Å². The van der Waals surface area contributed by atoms with Crippen LogP contribution in [0.25, 0.3) is 0 Å². The molecule has 4 atom stereocenters. The quantitative estimate of drug-likeness (QED) is 0.462. The smallest absolute Gasteiger partial charge is 0.247 e. The Morgan fingerprint density at radius 1 is 1.05 bits per heavy atom. The lowest BCUT2D eigenvalue weighted by atomic mass is 10.0. The standard InChI is InChI=1S/C29H34N2O8S/c1-37-20-8-4-7-19(15-20)27(29(34)30-17-21-9-5-13-38-21)31(18-22-10-6-14-39-22)26(32)16-25-28(33)23-11-2-3-12-24(23)40(25,35)36/h2-4,7-8,11-12,15,21-22,25,27H,5-6,9-10,13-14,16-18H2,1H3,(H,30,34)/t21-,22+,25-,27+/m0/s1. The fourth-order valence-corrected chi connectivity index (χ4v) is 7.44. The minimum absolute atomic E-state index is 0.0675. The molecule has 2 amide bonds. The second kappa shape index (κ2) is 12.1. The van der Waals surface area contributed by atoms with Gasteiger partial charge in [0.25, 0.3) is 0 Å². The van der Waals surface area contributed by atoms with E-state index in [9.17, 15) is 22.8 Å². The van der Waals surface area contributed by atoms with Crippen LogP contribution in [-0.4, -0.2) is 81.8 Å². The van der Waals surface area contributed by atoms with Crippen LogP contribution < -0.4 is 10.1 Å². The van der Waals surface area contributed by atoms with Crippen molar-refractivity contribution in [3.63, 3.8) is 0 Å². The number of methoxy groups -OCH3 is 1. The van der Waals surface area contributed by atoms with Gasteiger partial charge in [0.05, 0.1) is 30.6 Å². The van der Waals surface area contributed by atoms with E-state index in [1.54, 1.807) is 36.4 Å². The van der Waals surface area contributed by atoms with Crippen molar-refractivity contribution in [2.75, 3.05) is 33.4 Å². The van der Waals surface area contributed by atoms with Crippen molar-refractivity contribution in [3.05, 3.63) is 59.7 Å². The van der Waals surface area contributed by atoms with Gasteiger partial charge in [0.1, 0.15) is 17.0 Å². The Morgan fingerprint density at radius 2 is 1.77 bits per heavy atom. The number of nitrogens with zero attached hydrogens (tertiary/aromatic N) is 1. The number of sulfone groups is 1. The summed E-state index contributed by atoms with van der Waals surface area (Å²) in [5, 5.41) is 1.38. The predicted molar refractivity (Wildman–Crippen MR) is 145 cm³/mol. The third-order valence-corrected chi connectivity index (χ3v) is 9.83. The topological polar surface area (TPSA) is 128 Å². The van der Waals surface area contributed by atoms with Crippen LogP contribution in [0, 0.1) is 0 Å². The van der Waals surface area contributed by atoms with Crippen LogP contribution in [0.1, 0.15) is 54.1 Å². The van der Waals surface area contributed by atoms with Crippen molar-refractivity contribution < 1.29 is 37.0 Å².